The number of hydrogen-bond donors (Lipinski definition) is 1. The third-order valence-electron chi connectivity index (χ3n) is 4.47. The van der Waals surface area contributed by atoms with Crippen molar-refractivity contribution < 1.29 is 9.53 Å². The van der Waals surface area contributed by atoms with Gasteiger partial charge in [0.2, 0.25) is 0 Å². The van der Waals surface area contributed by atoms with E-state index in [9.17, 15) is 4.79 Å². The lowest BCUT2D eigenvalue weighted by Crippen LogP contribution is -2.49. The van der Waals surface area contributed by atoms with Crippen LogP contribution in [0, 0.1) is 11.3 Å². The summed E-state index contributed by atoms with van der Waals surface area (Å²) in [7, 11) is 1.66. The Morgan fingerprint density at radius 2 is 1.88 bits per heavy atom. The average molecular weight is 350 g/mol. The van der Waals surface area contributed by atoms with Crippen LogP contribution in [-0.4, -0.2) is 49.1 Å². The zero-order valence-electron chi connectivity index (χ0n) is 14.8. The predicted octanol–water partition coefficient (Wildman–Crippen LogP) is 2.92. The normalized spacial score (nSPS) is 14.5. The van der Waals surface area contributed by atoms with Gasteiger partial charge in [0.15, 0.2) is 0 Å². The van der Waals surface area contributed by atoms with Crippen molar-refractivity contribution in [1.82, 2.24) is 9.80 Å². The molecule has 1 aliphatic rings. The van der Waals surface area contributed by atoms with Crippen LogP contribution in [0.4, 0.5) is 10.5 Å². The molecule has 6 nitrogen and oxygen atoms in total. The molecule has 0 saturated carbocycles. The number of benzene rings is 2. The standard InChI is InChI=1S/C20H22N4O2/c1-26-19-7-5-16(6-8-19)15-23-9-11-24(12-10-23)20(25)22-18-4-2-3-17(13-18)14-21/h2-8,13H,9-12,15H2,1H3,(H,22,25). The van der Waals surface area contributed by atoms with Crippen LogP contribution in [0.5, 0.6) is 5.75 Å². The molecule has 0 atom stereocenters. The maximum absolute atomic E-state index is 12.4. The Morgan fingerprint density at radius 1 is 1.15 bits per heavy atom. The first-order chi connectivity index (χ1) is 12.7. The van der Waals surface area contributed by atoms with E-state index in [0.717, 1.165) is 25.4 Å². The molecule has 1 N–H and O–H groups in total. The first kappa shape index (κ1) is 17.8. The number of anilines is 1. The number of ether oxygens (including phenoxy) is 1. The fourth-order valence-corrected chi connectivity index (χ4v) is 2.97. The number of hydrogen-bond acceptors (Lipinski definition) is 4. The number of carbonyl (C=O) groups is 1. The Bertz CT molecular complexity index is 790. The molecule has 1 fully saturated rings. The van der Waals surface area contributed by atoms with Gasteiger partial charge in [-0.15, -0.1) is 0 Å². The van der Waals surface area contributed by atoms with Crippen LogP contribution in [0.3, 0.4) is 0 Å². The van der Waals surface area contributed by atoms with Gasteiger partial charge >= 0.3 is 6.03 Å². The van der Waals surface area contributed by atoms with Crippen molar-refractivity contribution in [3.05, 3.63) is 59.7 Å². The van der Waals surface area contributed by atoms with Crippen LogP contribution >= 0.6 is 0 Å². The first-order valence-corrected chi connectivity index (χ1v) is 8.59. The van der Waals surface area contributed by atoms with Crippen LogP contribution in [-0.2, 0) is 6.54 Å². The van der Waals surface area contributed by atoms with Gasteiger partial charge in [0.25, 0.3) is 0 Å². The van der Waals surface area contributed by atoms with Crippen molar-refractivity contribution in [1.29, 1.82) is 5.26 Å². The van der Waals surface area contributed by atoms with Crippen LogP contribution < -0.4 is 10.1 Å². The lowest BCUT2D eigenvalue weighted by atomic mass is 10.2. The number of nitriles is 1. The summed E-state index contributed by atoms with van der Waals surface area (Å²) in [6.45, 7) is 3.89. The molecule has 0 aromatic heterocycles. The zero-order chi connectivity index (χ0) is 18.4. The first-order valence-electron chi connectivity index (χ1n) is 8.59. The van der Waals surface area contributed by atoms with Crippen molar-refractivity contribution in [3.63, 3.8) is 0 Å². The molecule has 0 bridgehead atoms. The molecule has 2 aromatic rings. The van der Waals surface area contributed by atoms with Gasteiger partial charge in [-0.1, -0.05) is 18.2 Å². The molecule has 2 aromatic carbocycles. The SMILES string of the molecule is COc1ccc(CN2CCN(C(=O)Nc3cccc(C#N)c3)CC2)cc1. The average Bonchev–Trinajstić information content (AvgIpc) is 2.69. The molecular formula is C20H22N4O2. The molecule has 1 saturated heterocycles. The second-order valence-electron chi connectivity index (χ2n) is 6.23. The number of amides is 2. The maximum Gasteiger partial charge on any atom is 0.321 e. The molecule has 0 aliphatic carbocycles. The third-order valence-corrected chi connectivity index (χ3v) is 4.47. The summed E-state index contributed by atoms with van der Waals surface area (Å²) in [5.41, 5.74) is 2.42. The van der Waals surface area contributed by atoms with Gasteiger partial charge < -0.3 is 15.0 Å². The molecule has 0 unspecified atom stereocenters. The number of rotatable bonds is 4. The maximum atomic E-state index is 12.4. The van der Waals surface area contributed by atoms with E-state index in [0.29, 0.717) is 24.3 Å². The van der Waals surface area contributed by atoms with Crippen molar-refractivity contribution in [3.8, 4) is 11.8 Å². The minimum Gasteiger partial charge on any atom is -0.497 e. The summed E-state index contributed by atoms with van der Waals surface area (Å²) in [6.07, 6.45) is 0. The summed E-state index contributed by atoms with van der Waals surface area (Å²) in [5.74, 6) is 0.857. The zero-order valence-corrected chi connectivity index (χ0v) is 14.8. The lowest BCUT2D eigenvalue weighted by Gasteiger charge is -2.34. The van der Waals surface area contributed by atoms with E-state index in [1.807, 2.05) is 17.0 Å². The Balaban J connectivity index is 1.49. The minimum absolute atomic E-state index is 0.121. The predicted molar refractivity (Wildman–Crippen MR) is 100 cm³/mol. The van der Waals surface area contributed by atoms with Crippen LogP contribution in [0.25, 0.3) is 0 Å². The highest BCUT2D eigenvalue weighted by Crippen LogP contribution is 2.15. The van der Waals surface area contributed by atoms with E-state index in [2.05, 4.69) is 28.4 Å². The van der Waals surface area contributed by atoms with Gasteiger partial charge in [-0.05, 0) is 35.9 Å². The monoisotopic (exact) mass is 350 g/mol. The highest BCUT2D eigenvalue weighted by molar-refractivity contribution is 5.89. The van der Waals surface area contributed by atoms with Crippen molar-refractivity contribution in [2.75, 3.05) is 38.6 Å². The van der Waals surface area contributed by atoms with Gasteiger partial charge in [-0.3, -0.25) is 4.90 Å². The van der Waals surface area contributed by atoms with E-state index in [-0.39, 0.29) is 6.03 Å². The number of urea groups is 1. The molecule has 1 aliphatic heterocycles. The Morgan fingerprint density at radius 3 is 2.54 bits per heavy atom. The molecule has 6 heteroatoms. The topological polar surface area (TPSA) is 68.6 Å². The fourth-order valence-electron chi connectivity index (χ4n) is 2.97. The van der Waals surface area contributed by atoms with E-state index in [4.69, 9.17) is 10.00 Å². The van der Waals surface area contributed by atoms with E-state index < -0.39 is 0 Å². The summed E-state index contributed by atoms with van der Waals surface area (Å²) in [6, 6.07) is 17.0. The molecule has 0 radical (unpaired) electrons. The molecule has 0 spiro atoms. The molecule has 134 valence electrons. The summed E-state index contributed by atoms with van der Waals surface area (Å²) >= 11 is 0. The van der Waals surface area contributed by atoms with Gasteiger partial charge in [-0.2, -0.15) is 5.26 Å². The highest BCUT2D eigenvalue weighted by Gasteiger charge is 2.21. The fraction of sp³-hybridized carbons (Fsp3) is 0.300. The third kappa shape index (κ3) is 4.52. The largest absolute Gasteiger partial charge is 0.497 e. The lowest BCUT2D eigenvalue weighted by molar-refractivity contribution is 0.143. The Labute approximate surface area is 153 Å². The van der Waals surface area contributed by atoms with Gasteiger partial charge in [0.1, 0.15) is 5.75 Å². The molecule has 3 rings (SSSR count). The number of carbonyl (C=O) groups excluding carboxylic acids is 1. The number of nitrogens with zero attached hydrogens (tertiary/aromatic N) is 3. The molecular weight excluding hydrogens is 328 g/mol. The van der Waals surface area contributed by atoms with Crippen LogP contribution in [0.15, 0.2) is 48.5 Å². The van der Waals surface area contributed by atoms with Crippen LogP contribution in [0.1, 0.15) is 11.1 Å². The van der Waals surface area contributed by atoms with Crippen molar-refractivity contribution in [2.45, 2.75) is 6.54 Å². The Kier molecular flexibility index (Phi) is 5.72. The van der Waals surface area contributed by atoms with Gasteiger partial charge in [-0.25, -0.2) is 4.79 Å². The molecule has 2 amide bonds. The quantitative estimate of drug-likeness (QED) is 0.920. The number of nitrogens with one attached hydrogen (secondary N) is 1. The smallest absolute Gasteiger partial charge is 0.321 e. The summed E-state index contributed by atoms with van der Waals surface area (Å²) in [4.78, 5) is 16.5. The van der Waals surface area contributed by atoms with E-state index in [1.165, 1.54) is 5.56 Å². The van der Waals surface area contributed by atoms with Crippen LogP contribution in [0.2, 0.25) is 0 Å². The number of methoxy groups -OCH3 is 1. The van der Waals surface area contributed by atoms with Gasteiger partial charge in [0.05, 0.1) is 18.7 Å². The molecule has 1 heterocycles. The number of piperazine rings is 1. The Hall–Kier alpha value is -3.04. The van der Waals surface area contributed by atoms with Crippen molar-refractivity contribution in [2.24, 2.45) is 0 Å². The summed E-state index contributed by atoms with van der Waals surface area (Å²) in [5, 5.41) is 11.8. The van der Waals surface area contributed by atoms with Crippen molar-refractivity contribution >= 4 is 11.7 Å². The highest BCUT2D eigenvalue weighted by atomic mass is 16.5. The van der Waals surface area contributed by atoms with Gasteiger partial charge in [0, 0.05) is 38.4 Å². The second-order valence-corrected chi connectivity index (χ2v) is 6.23. The second kappa shape index (κ2) is 8.37. The van der Waals surface area contributed by atoms with E-state index in [1.54, 1.807) is 31.4 Å². The minimum atomic E-state index is -0.121. The summed E-state index contributed by atoms with van der Waals surface area (Å²) < 4.78 is 5.18. The van der Waals surface area contributed by atoms with E-state index >= 15 is 0 Å². The molecule has 26 heavy (non-hydrogen) atoms.